The summed E-state index contributed by atoms with van der Waals surface area (Å²) < 4.78 is 25.8. The van der Waals surface area contributed by atoms with Crippen LogP contribution in [0.25, 0.3) is 0 Å². The number of fused-ring (bicyclic) bond motifs is 2. The highest BCUT2D eigenvalue weighted by molar-refractivity contribution is 5.93. The van der Waals surface area contributed by atoms with E-state index in [1.54, 1.807) is 0 Å². The number of carbonyl (C=O) groups is 1. The molecule has 0 spiro atoms. The van der Waals surface area contributed by atoms with Crippen LogP contribution >= 0.6 is 0 Å². The van der Waals surface area contributed by atoms with Crippen LogP contribution in [0.1, 0.15) is 12.8 Å². The zero-order chi connectivity index (χ0) is 12.7. The van der Waals surface area contributed by atoms with Gasteiger partial charge in [-0.15, -0.1) is 0 Å². The molecule has 1 aromatic carbocycles. The Balaban J connectivity index is 1.71. The number of anilines is 1. The Bertz CT molecular complexity index is 527. The van der Waals surface area contributed by atoms with Gasteiger partial charge in [0.1, 0.15) is 0 Å². The van der Waals surface area contributed by atoms with Crippen molar-refractivity contribution >= 4 is 11.6 Å². The third-order valence-corrected chi connectivity index (χ3v) is 3.80. The van der Waals surface area contributed by atoms with Gasteiger partial charge in [0.25, 0.3) is 0 Å². The van der Waals surface area contributed by atoms with Crippen molar-refractivity contribution in [1.82, 2.24) is 0 Å². The van der Waals surface area contributed by atoms with Crippen molar-refractivity contribution in [3.8, 4) is 0 Å². The molecule has 0 heterocycles. The summed E-state index contributed by atoms with van der Waals surface area (Å²) in [6.45, 7) is 0. The second-order valence-electron chi connectivity index (χ2n) is 5.00. The van der Waals surface area contributed by atoms with Crippen LogP contribution < -0.4 is 5.32 Å². The predicted molar refractivity (Wildman–Crippen MR) is 63.8 cm³/mol. The molecule has 1 amide bonds. The van der Waals surface area contributed by atoms with Crippen molar-refractivity contribution in [2.45, 2.75) is 12.8 Å². The molecule has 3 atom stereocenters. The van der Waals surface area contributed by atoms with E-state index in [2.05, 4.69) is 17.5 Å². The van der Waals surface area contributed by atoms with Gasteiger partial charge in [0.05, 0.1) is 0 Å². The van der Waals surface area contributed by atoms with Crippen LogP contribution in [-0.2, 0) is 4.79 Å². The van der Waals surface area contributed by atoms with Gasteiger partial charge in [-0.05, 0) is 36.8 Å². The Morgan fingerprint density at radius 1 is 1.17 bits per heavy atom. The molecule has 0 aromatic heterocycles. The van der Waals surface area contributed by atoms with Crippen LogP contribution in [0.5, 0.6) is 0 Å². The Hall–Kier alpha value is -1.71. The molecule has 2 nitrogen and oxygen atoms in total. The second-order valence-corrected chi connectivity index (χ2v) is 5.00. The molecular weight excluding hydrogens is 236 g/mol. The number of carbonyl (C=O) groups excluding carboxylic acids is 1. The molecule has 18 heavy (non-hydrogen) atoms. The lowest BCUT2D eigenvalue weighted by atomic mass is 9.93. The summed E-state index contributed by atoms with van der Waals surface area (Å²) in [5.74, 6) is -1.17. The first kappa shape index (κ1) is 11.4. The number of rotatable bonds is 2. The van der Waals surface area contributed by atoms with Gasteiger partial charge in [0.15, 0.2) is 11.6 Å². The van der Waals surface area contributed by atoms with Crippen LogP contribution in [0.15, 0.2) is 30.4 Å². The van der Waals surface area contributed by atoms with Crippen LogP contribution in [0.4, 0.5) is 14.5 Å². The van der Waals surface area contributed by atoms with E-state index in [-0.39, 0.29) is 11.8 Å². The van der Waals surface area contributed by atoms with Gasteiger partial charge in [0.2, 0.25) is 5.91 Å². The number of hydrogen-bond donors (Lipinski definition) is 1. The van der Waals surface area contributed by atoms with Gasteiger partial charge in [-0.2, -0.15) is 0 Å². The molecule has 1 fully saturated rings. The Morgan fingerprint density at radius 3 is 2.61 bits per heavy atom. The molecule has 1 N–H and O–H groups in total. The monoisotopic (exact) mass is 249 g/mol. The maximum absolute atomic E-state index is 13.0. The van der Waals surface area contributed by atoms with Gasteiger partial charge in [-0.1, -0.05) is 12.2 Å². The molecule has 0 saturated heterocycles. The largest absolute Gasteiger partial charge is 0.326 e. The summed E-state index contributed by atoms with van der Waals surface area (Å²) in [5, 5.41) is 2.66. The number of halogens is 2. The zero-order valence-corrected chi connectivity index (χ0v) is 9.70. The van der Waals surface area contributed by atoms with Crippen molar-refractivity contribution in [2.75, 3.05) is 5.32 Å². The van der Waals surface area contributed by atoms with Crippen molar-refractivity contribution in [3.63, 3.8) is 0 Å². The average Bonchev–Trinajstić information content (AvgIpc) is 2.96. The molecule has 1 saturated carbocycles. The van der Waals surface area contributed by atoms with Crippen molar-refractivity contribution in [1.29, 1.82) is 0 Å². The normalized spacial score (nSPS) is 28.7. The zero-order valence-electron chi connectivity index (χ0n) is 9.70. The van der Waals surface area contributed by atoms with E-state index in [0.717, 1.165) is 25.0 Å². The first-order valence-corrected chi connectivity index (χ1v) is 6.08. The van der Waals surface area contributed by atoms with Gasteiger partial charge in [-0.3, -0.25) is 4.79 Å². The third-order valence-electron chi connectivity index (χ3n) is 3.80. The Labute approximate surface area is 104 Å². The van der Waals surface area contributed by atoms with Crippen LogP contribution in [0, 0.1) is 29.4 Å². The molecule has 4 heteroatoms. The fraction of sp³-hybridized carbons (Fsp3) is 0.357. The van der Waals surface area contributed by atoms with Crippen molar-refractivity contribution < 1.29 is 13.6 Å². The van der Waals surface area contributed by atoms with E-state index in [4.69, 9.17) is 0 Å². The first-order valence-electron chi connectivity index (χ1n) is 6.08. The maximum atomic E-state index is 13.0. The molecule has 0 unspecified atom stereocenters. The van der Waals surface area contributed by atoms with Crippen LogP contribution in [0.2, 0.25) is 0 Å². The van der Waals surface area contributed by atoms with E-state index in [1.807, 2.05) is 0 Å². The van der Waals surface area contributed by atoms with Gasteiger partial charge >= 0.3 is 0 Å². The van der Waals surface area contributed by atoms with Crippen molar-refractivity contribution in [3.05, 3.63) is 42.0 Å². The highest BCUT2D eigenvalue weighted by Crippen LogP contribution is 2.43. The van der Waals surface area contributed by atoms with Gasteiger partial charge in [-0.25, -0.2) is 8.78 Å². The SMILES string of the molecule is O=C(Nc1ccc(F)c(F)c1)[C@@H]1C[C@H]2C=C[C@H]1C2. The number of nitrogens with one attached hydrogen (secondary N) is 1. The summed E-state index contributed by atoms with van der Waals surface area (Å²) in [7, 11) is 0. The van der Waals surface area contributed by atoms with E-state index in [9.17, 15) is 13.6 Å². The van der Waals surface area contributed by atoms with E-state index < -0.39 is 11.6 Å². The molecule has 0 radical (unpaired) electrons. The quantitative estimate of drug-likeness (QED) is 0.802. The number of benzene rings is 1. The van der Waals surface area contributed by atoms with Gasteiger partial charge < -0.3 is 5.32 Å². The minimum absolute atomic E-state index is 0.0342. The van der Waals surface area contributed by atoms with E-state index in [1.165, 1.54) is 6.07 Å². The second kappa shape index (κ2) is 4.19. The molecule has 3 rings (SSSR count). The fourth-order valence-corrected chi connectivity index (χ4v) is 2.89. The summed E-state index contributed by atoms with van der Waals surface area (Å²) in [5.41, 5.74) is 0.311. The molecule has 1 aromatic rings. The summed E-state index contributed by atoms with van der Waals surface area (Å²) in [4.78, 5) is 12.0. The maximum Gasteiger partial charge on any atom is 0.228 e. The first-order chi connectivity index (χ1) is 8.63. The molecule has 2 aliphatic carbocycles. The van der Waals surface area contributed by atoms with E-state index in [0.29, 0.717) is 17.5 Å². The highest BCUT2D eigenvalue weighted by atomic mass is 19.2. The lowest BCUT2D eigenvalue weighted by molar-refractivity contribution is -0.120. The third kappa shape index (κ3) is 1.92. The minimum atomic E-state index is -0.944. The smallest absolute Gasteiger partial charge is 0.228 e. The molecule has 94 valence electrons. The number of amides is 1. The minimum Gasteiger partial charge on any atom is -0.326 e. The molecule has 0 aliphatic heterocycles. The lowest BCUT2D eigenvalue weighted by Crippen LogP contribution is -2.25. The summed E-state index contributed by atoms with van der Waals surface area (Å²) >= 11 is 0. The molecule has 2 bridgehead atoms. The number of hydrogen-bond acceptors (Lipinski definition) is 1. The topological polar surface area (TPSA) is 29.1 Å². The predicted octanol–water partition coefficient (Wildman–Crippen LogP) is 3.12. The Kier molecular flexibility index (Phi) is 2.65. The summed E-state index contributed by atoms with van der Waals surface area (Å²) in [6, 6.07) is 3.40. The number of allylic oxidation sites excluding steroid dienone is 2. The molecular formula is C14H13F2NO. The Morgan fingerprint density at radius 2 is 2.00 bits per heavy atom. The van der Waals surface area contributed by atoms with Crippen molar-refractivity contribution in [2.24, 2.45) is 17.8 Å². The average molecular weight is 249 g/mol. The molecule has 2 aliphatic rings. The summed E-state index contributed by atoms with van der Waals surface area (Å²) in [6.07, 6.45) is 6.14. The fourth-order valence-electron chi connectivity index (χ4n) is 2.89. The van der Waals surface area contributed by atoms with E-state index >= 15 is 0 Å². The van der Waals surface area contributed by atoms with Gasteiger partial charge in [0, 0.05) is 17.7 Å². The lowest BCUT2D eigenvalue weighted by Gasteiger charge is -2.17. The standard InChI is InChI=1S/C14H13F2NO/c15-12-4-3-10(7-13(12)16)17-14(18)11-6-8-1-2-9(11)5-8/h1-4,7-9,11H,5-6H2,(H,17,18)/t8-,9-,11+/m0/s1. The highest BCUT2D eigenvalue weighted by Gasteiger charge is 2.39. The van der Waals surface area contributed by atoms with Crippen LogP contribution in [0.3, 0.4) is 0 Å². The van der Waals surface area contributed by atoms with Crippen LogP contribution in [-0.4, -0.2) is 5.91 Å².